The number of hydrogen-bond donors (Lipinski definition) is 1. The SMILES string of the molecule is Cc1cc([SH]2C=CC(I)=N2)ns1. The van der Waals surface area contributed by atoms with Crippen molar-refractivity contribution in [2.45, 2.75) is 11.9 Å². The van der Waals surface area contributed by atoms with Crippen LogP contribution in [0.25, 0.3) is 0 Å². The van der Waals surface area contributed by atoms with Crippen molar-refractivity contribution in [3.05, 3.63) is 22.4 Å². The first-order chi connectivity index (χ1) is 5.75. The molecule has 1 aliphatic rings. The van der Waals surface area contributed by atoms with Crippen molar-refractivity contribution in [2.24, 2.45) is 4.40 Å². The Morgan fingerprint density at radius 2 is 2.42 bits per heavy atom. The Bertz CT molecular complexity index is 356. The fourth-order valence-electron chi connectivity index (χ4n) is 0.891. The van der Waals surface area contributed by atoms with Crippen molar-refractivity contribution in [1.29, 1.82) is 0 Å². The van der Waals surface area contributed by atoms with Gasteiger partial charge in [-0.15, -0.1) is 0 Å². The average molecular weight is 310 g/mol. The first-order valence-corrected chi connectivity index (χ1v) is 6.62. The summed E-state index contributed by atoms with van der Waals surface area (Å²) in [4.78, 5) is 1.26. The molecule has 0 spiro atoms. The van der Waals surface area contributed by atoms with Gasteiger partial charge < -0.3 is 0 Å². The fraction of sp³-hybridized carbons (Fsp3) is 0.143. The van der Waals surface area contributed by atoms with Crippen molar-refractivity contribution in [2.75, 3.05) is 0 Å². The monoisotopic (exact) mass is 310 g/mol. The van der Waals surface area contributed by atoms with E-state index in [0.717, 1.165) is 8.74 Å². The van der Waals surface area contributed by atoms with Gasteiger partial charge in [0.05, 0.1) is 0 Å². The van der Waals surface area contributed by atoms with Crippen LogP contribution in [0, 0.1) is 6.92 Å². The second kappa shape index (κ2) is 3.47. The lowest BCUT2D eigenvalue weighted by Crippen LogP contribution is -1.71. The van der Waals surface area contributed by atoms with Crippen LogP contribution in [0.4, 0.5) is 0 Å². The highest BCUT2D eigenvalue weighted by molar-refractivity contribution is 14.1. The largest absolute Gasteiger partial charge is 0.224 e. The Morgan fingerprint density at radius 3 is 2.92 bits per heavy atom. The molecule has 1 aromatic rings. The highest BCUT2D eigenvalue weighted by Crippen LogP contribution is 2.42. The summed E-state index contributed by atoms with van der Waals surface area (Å²) in [6, 6.07) is 2.12. The Morgan fingerprint density at radius 1 is 1.58 bits per heavy atom. The molecule has 2 heterocycles. The molecule has 5 heteroatoms. The van der Waals surface area contributed by atoms with Gasteiger partial charge in [0, 0.05) is 4.88 Å². The molecule has 0 radical (unpaired) electrons. The second-order valence-corrected chi connectivity index (χ2v) is 6.14. The van der Waals surface area contributed by atoms with Crippen LogP contribution >= 0.6 is 45.2 Å². The molecule has 0 fully saturated rings. The summed E-state index contributed by atoms with van der Waals surface area (Å²) in [5, 5.41) is 3.28. The van der Waals surface area contributed by atoms with Crippen LogP contribution in [0.2, 0.25) is 0 Å². The lowest BCUT2D eigenvalue weighted by atomic mass is 10.6. The molecule has 2 rings (SSSR count). The maximum atomic E-state index is 4.47. The molecule has 1 atom stereocenters. The van der Waals surface area contributed by atoms with E-state index in [1.165, 1.54) is 4.88 Å². The molecule has 0 N–H and O–H groups in total. The van der Waals surface area contributed by atoms with Gasteiger partial charge in [-0.3, -0.25) is 0 Å². The quantitative estimate of drug-likeness (QED) is 0.626. The standard InChI is InChI=1S/C7H7IN2S2/c1-5-4-7(9-11-5)12-3-2-6(8)10-12/h2-4,12H,1H3. The van der Waals surface area contributed by atoms with E-state index in [0.29, 0.717) is 0 Å². The minimum Gasteiger partial charge on any atom is -0.224 e. The van der Waals surface area contributed by atoms with Gasteiger partial charge in [-0.05, 0) is 58.6 Å². The molecule has 1 aliphatic heterocycles. The van der Waals surface area contributed by atoms with Crippen LogP contribution in [-0.2, 0) is 0 Å². The van der Waals surface area contributed by atoms with Gasteiger partial charge in [0.25, 0.3) is 0 Å². The van der Waals surface area contributed by atoms with Crippen molar-refractivity contribution >= 4 is 48.9 Å². The second-order valence-electron chi connectivity index (χ2n) is 2.38. The average Bonchev–Trinajstić information content (AvgIpc) is 2.58. The molecule has 0 saturated heterocycles. The summed E-state index contributed by atoms with van der Waals surface area (Å²) in [6.07, 6.45) is 2.06. The number of thiol groups is 1. The zero-order valence-corrected chi connectivity index (χ0v) is 10.2. The molecule has 0 aromatic carbocycles. The third-order valence-electron chi connectivity index (χ3n) is 1.41. The molecule has 64 valence electrons. The van der Waals surface area contributed by atoms with E-state index in [2.05, 4.69) is 55.8 Å². The Kier molecular flexibility index (Phi) is 2.52. The first kappa shape index (κ1) is 8.71. The Balaban J connectivity index is 2.28. The van der Waals surface area contributed by atoms with Crippen LogP contribution in [0.5, 0.6) is 0 Å². The number of nitrogens with zero attached hydrogens (tertiary/aromatic N) is 2. The number of allylic oxidation sites excluding steroid dienone is 1. The van der Waals surface area contributed by atoms with E-state index in [1.54, 1.807) is 11.5 Å². The highest BCUT2D eigenvalue weighted by atomic mass is 127. The van der Waals surface area contributed by atoms with Crippen LogP contribution in [0.3, 0.4) is 0 Å². The van der Waals surface area contributed by atoms with Gasteiger partial charge in [0.1, 0.15) is 8.74 Å². The maximum Gasteiger partial charge on any atom is 0.113 e. The van der Waals surface area contributed by atoms with E-state index < -0.39 is 11.1 Å². The Hall–Kier alpha value is 0.120. The molecular weight excluding hydrogens is 303 g/mol. The fourth-order valence-corrected chi connectivity index (χ4v) is 4.25. The number of hydrogen-bond acceptors (Lipinski definition) is 3. The van der Waals surface area contributed by atoms with Crippen LogP contribution in [-0.4, -0.2) is 8.09 Å². The third kappa shape index (κ3) is 1.72. The van der Waals surface area contributed by atoms with E-state index in [1.807, 2.05) is 0 Å². The molecule has 0 aliphatic carbocycles. The lowest BCUT2D eigenvalue weighted by Gasteiger charge is -2.02. The van der Waals surface area contributed by atoms with Gasteiger partial charge in [0.15, 0.2) is 0 Å². The van der Waals surface area contributed by atoms with E-state index in [-0.39, 0.29) is 0 Å². The Labute approximate surface area is 91.6 Å². The predicted molar refractivity (Wildman–Crippen MR) is 64.7 cm³/mol. The first-order valence-electron chi connectivity index (χ1n) is 3.40. The molecule has 0 saturated carbocycles. The van der Waals surface area contributed by atoms with E-state index in [9.17, 15) is 0 Å². The normalized spacial score (nSPS) is 24.5. The minimum absolute atomic E-state index is 0.460. The zero-order chi connectivity index (χ0) is 8.55. The minimum atomic E-state index is -0.460. The van der Waals surface area contributed by atoms with Crippen molar-refractivity contribution in [3.63, 3.8) is 0 Å². The van der Waals surface area contributed by atoms with Crippen molar-refractivity contribution in [1.82, 2.24) is 4.37 Å². The van der Waals surface area contributed by atoms with Crippen LogP contribution in [0.1, 0.15) is 4.88 Å². The molecule has 0 amide bonds. The van der Waals surface area contributed by atoms with Crippen LogP contribution < -0.4 is 0 Å². The molecule has 1 aromatic heterocycles. The van der Waals surface area contributed by atoms with Crippen molar-refractivity contribution < 1.29 is 0 Å². The number of aromatic nitrogens is 1. The smallest absolute Gasteiger partial charge is 0.113 e. The summed E-state index contributed by atoms with van der Waals surface area (Å²) in [7, 11) is 0. The van der Waals surface area contributed by atoms with Crippen LogP contribution in [0.15, 0.2) is 27.0 Å². The summed E-state index contributed by atoms with van der Waals surface area (Å²) in [5.74, 6) is 0. The molecular formula is C7H7IN2S2. The molecule has 1 unspecified atom stereocenters. The third-order valence-corrected chi connectivity index (χ3v) is 4.78. The van der Waals surface area contributed by atoms with E-state index in [4.69, 9.17) is 0 Å². The van der Waals surface area contributed by atoms with Gasteiger partial charge >= 0.3 is 0 Å². The highest BCUT2D eigenvalue weighted by Gasteiger charge is 2.10. The molecule has 12 heavy (non-hydrogen) atoms. The van der Waals surface area contributed by atoms with Gasteiger partial charge in [-0.1, -0.05) is 11.1 Å². The summed E-state index contributed by atoms with van der Waals surface area (Å²) >= 11 is 3.33. The zero-order valence-electron chi connectivity index (χ0n) is 6.36. The van der Waals surface area contributed by atoms with Gasteiger partial charge in [0.2, 0.25) is 0 Å². The van der Waals surface area contributed by atoms with E-state index >= 15 is 0 Å². The van der Waals surface area contributed by atoms with Gasteiger partial charge in [-0.25, -0.2) is 4.40 Å². The molecule has 0 bridgehead atoms. The lowest BCUT2D eigenvalue weighted by molar-refractivity contribution is 1.28. The number of aryl methyl sites for hydroxylation is 1. The summed E-state index contributed by atoms with van der Waals surface area (Å²) in [6.45, 7) is 2.07. The maximum absolute atomic E-state index is 4.47. The van der Waals surface area contributed by atoms with Crippen molar-refractivity contribution in [3.8, 4) is 0 Å². The molecule has 2 nitrogen and oxygen atoms in total. The topological polar surface area (TPSA) is 25.2 Å². The number of rotatable bonds is 1. The number of halogens is 1. The summed E-state index contributed by atoms with van der Waals surface area (Å²) in [5.41, 5.74) is 0. The summed E-state index contributed by atoms with van der Waals surface area (Å²) < 4.78 is 9.90. The van der Waals surface area contributed by atoms with Gasteiger partial charge in [-0.2, -0.15) is 4.37 Å². The predicted octanol–water partition coefficient (Wildman–Crippen LogP) is 3.09.